The van der Waals surface area contributed by atoms with Crippen molar-refractivity contribution in [3.05, 3.63) is 4.91 Å². The van der Waals surface area contributed by atoms with Gasteiger partial charge in [0.2, 0.25) is 0 Å². The van der Waals surface area contributed by atoms with Crippen LogP contribution in [0.25, 0.3) is 0 Å². The molecular weight excluding hydrogens is 148 g/mol. The quantitative estimate of drug-likeness (QED) is 0.593. The summed E-state index contributed by atoms with van der Waals surface area (Å²) in [5.74, 6) is -0.945. The van der Waals surface area contributed by atoms with E-state index in [1.54, 1.807) is 0 Å². The van der Waals surface area contributed by atoms with Crippen molar-refractivity contribution in [2.24, 2.45) is 11.2 Å². The van der Waals surface area contributed by atoms with Crippen LogP contribution in [0, 0.1) is 10.8 Å². The minimum Gasteiger partial charge on any atom is -0.480 e. The predicted octanol–water partition coefficient (Wildman–Crippen LogP) is 0.463. The lowest BCUT2D eigenvalue weighted by Gasteiger charge is -2.15. The highest BCUT2D eigenvalue weighted by Gasteiger charge is 2.36. The van der Waals surface area contributed by atoms with Crippen LogP contribution >= 0.6 is 0 Å². The normalized spacial score (nSPS) is 30.5. The summed E-state index contributed by atoms with van der Waals surface area (Å²) in [6.45, 7) is 2.27. The molecule has 0 saturated carbocycles. The van der Waals surface area contributed by atoms with Gasteiger partial charge in [-0.2, -0.15) is 0 Å². The summed E-state index contributed by atoms with van der Waals surface area (Å²) in [7, 11) is 0. The van der Waals surface area contributed by atoms with E-state index < -0.39 is 12.0 Å². The van der Waals surface area contributed by atoms with Crippen LogP contribution in [0.4, 0.5) is 0 Å². The number of carboxylic acids is 1. The minimum atomic E-state index is -0.963. The van der Waals surface area contributed by atoms with E-state index >= 15 is 0 Å². The fourth-order valence-electron chi connectivity index (χ4n) is 1.39. The molecule has 1 rings (SSSR count). The molecule has 2 atom stereocenters. The smallest absolute Gasteiger partial charge is 0.328 e. The van der Waals surface area contributed by atoms with E-state index in [0.717, 1.165) is 11.4 Å². The van der Waals surface area contributed by atoms with Crippen molar-refractivity contribution in [2.75, 3.05) is 6.54 Å². The van der Waals surface area contributed by atoms with Gasteiger partial charge in [0, 0.05) is 6.54 Å². The second-order valence-corrected chi connectivity index (χ2v) is 2.79. The molecule has 0 aromatic heterocycles. The van der Waals surface area contributed by atoms with Crippen molar-refractivity contribution in [1.29, 1.82) is 0 Å². The molecular formula is C6H10N2O3. The Morgan fingerprint density at radius 3 is 2.73 bits per heavy atom. The fourth-order valence-corrected chi connectivity index (χ4v) is 1.39. The van der Waals surface area contributed by atoms with Gasteiger partial charge < -0.3 is 5.11 Å². The molecule has 0 aromatic rings. The van der Waals surface area contributed by atoms with Crippen LogP contribution in [-0.4, -0.2) is 28.7 Å². The lowest BCUT2D eigenvalue weighted by atomic mass is 10.0. The molecule has 62 valence electrons. The molecule has 5 heteroatoms. The van der Waals surface area contributed by atoms with Crippen LogP contribution in [0.5, 0.6) is 0 Å². The Balaban J connectivity index is 2.70. The molecule has 0 radical (unpaired) electrons. The number of hydrogen-bond acceptors (Lipinski definition) is 3. The van der Waals surface area contributed by atoms with Gasteiger partial charge in [0.1, 0.15) is 6.04 Å². The first-order chi connectivity index (χ1) is 5.16. The maximum absolute atomic E-state index is 10.5. The van der Waals surface area contributed by atoms with E-state index in [9.17, 15) is 9.70 Å². The molecule has 0 amide bonds. The number of rotatable bonds is 2. The number of hydrogen-bond donors (Lipinski definition) is 1. The summed E-state index contributed by atoms with van der Waals surface area (Å²) < 4.78 is 0. The zero-order valence-electron chi connectivity index (χ0n) is 6.23. The number of aliphatic carboxylic acids is 1. The molecule has 1 saturated heterocycles. The predicted molar refractivity (Wildman–Crippen MR) is 37.7 cm³/mol. The van der Waals surface area contributed by atoms with E-state index in [2.05, 4.69) is 5.29 Å². The first kappa shape index (κ1) is 7.97. The number of carbonyl (C=O) groups is 1. The van der Waals surface area contributed by atoms with E-state index in [1.807, 2.05) is 6.92 Å². The molecule has 1 N–H and O–H groups in total. The minimum absolute atomic E-state index is 0.0187. The highest BCUT2D eigenvalue weighted by atomic mass is 16.4. The molecule has 0 spiro atoms. The molecule has 1 aliphatic rings. The Hall–Kier alpha value is -1.13. The first-order valence-corrected chi connectivity index (χ1v) is 3.49. The summed E-state index contributed by atoms with van der Waals surface area (Å²) in [5, 5.41) is 12.4. The summed E-state index contributed by atoms with van der Waals surface area (Å²) in [5.41, 5.74) is 0. The Bertz CT molecular complexity index is 183. The van der Waals surface area contributed by atoms with Crippen molar-refractivity contribution < 1.29 is 9.90 Å². The van der Waals surface area contributed by atoms with Crippen molar-refractivity contribution in [3.63, 3.8) is 0 Å². The second kappa shape index (κ2) is 2.86. The molecule has 0 aliphatic carbocycles. The number of nitroso groups, excluding NO2 is 1. The van der Waals surface area contributed by atoms with E-state index in [-0.39, 0.29) is 5.92 Å². The Kier molecular flexibility index (Phi) is 2.07. The third-order valence-corrected chi connectivity index (χ3v) is 2.03. The van der Waals surface area contributed by atoms with Crippen LogP contribution in [0.15, 0.2) is 5.29 Å². The van der Waals surface area contributed by atoms with Crippen molar-refractivity contribution in [1.82, 2.24) is 5.01 Å². The zero-order chi connectivity index (χ0) is 8.43. The Morgan fingerprint density at radius 2 is 2.36 bits per heavy atom. The van der Waals surface area contributed by atoms with Gasteiger partial charge in [-0.3, -0.25) is 0 Å². The standard InChI is InChI=1S/C6H10N2O3/c1-4-2-3-8(7-11)5(4)6(9)10/h4-5H,2-3H2,1H3,(H,9,10). The van der Waals surface area contributed by atoms with Gasteiger partial charge in [-0.25, -0.2) is 9.80 Å². The zero-order valence-corrected chi connectivity index (χ0v) is 6.23. The molecule has 5 nitrogen and oxygen atoms in total. The van der Waals surface area contributed by atoms with Crippen LogP contribution in [0.2, 0.25) is 0 Å². The molecule has 1 fully saturated rings. The van der Waals surface area contributed by atoms with Crippen LogP contribution in [0.3, 0.4) is 0 Å². The topological polar surface area (TPSA) is 70.0 Å². The maximum atomic E-state index is 10.5. The van der Waals surface area contributed by atoms with Crippen LogP contribution in [0.1, 0.15) is 13.3 Å². The molecule has 0 bridgehead atoms. The summed E-state index contributed by atoms with van der Waals surface area (Å²) in [4.78, 5) is 20.6. The van der Waals surface area contributed by atoms with Crippen molar-refractivity contribution in [2.45, 2.75) is 19.4 Å². The van der Waals surface area contributed by atoms with Gasteiger partial charge in [0.05, 0.1) is 5.29 Å². The van der Waals surface area contributed by atoms with Crippen molar-refractivity contribution >= 4 is 5.97 Å². The van der Waals surface area contributed by atoms with Crippen LogP contribution in [-0.2, 0) is 4.79 Å². The largest absolute Gasteiger partial charge is 0.480 e. The van der Waals surface area contributed by atoms with Gasteiger partial charge in [-0.1, -0.05) is 6.92 Å². The van der Waals surface area contributed by atoms with Gasteiger partial charge in [-0.05, 0) is 12.3 Å². The summed E-state index contributed by atoms with van der Waals surface area (Å²) in [6.07, 6.45) is 0.725. The average molecular weight is 158 g/mol. The van der Waals surface area contributed by atoms with Gasteiger partial charge in [0.25, 0.3) is 0 Å². The highest BCUT2D eigenvalue weighted by molar-refractivity contribution is 5.74. The Morgan fingerprint density at radius 1 is 1.73 bits per heavy atom. The van der Waals surface area contributed by atoms with Gasteiger partial charge in [0.15, 0.2) is 0 Å². The van der Waals surface area contributed by atoms with E-state index in [1.165, 1.54) is 0 Å². The van der Waals surface area contributed by atoms with Crippen LogP contribution < -0.4 is 0 Å². The van der Waals surface area contributed by atoms with E-state index in [4.69, 9.17) is 5.11 Å². The average Bonchev–Trinajstić information content (AvgIpc) is 2.30. The highest BCUT2D eigenvalue weighted by Crippen LogP contribution is 2.23. The third-order valence-electron chi connectivity index (χ3n) is 2.03. The first-order valence-electron chi connectivity index (χ1n) is 3.49. The fraction of sp³-hybridized carbons (Fsp3) is 0.833. The number of carboxylic acid groups (broad SMARTS) is 1. The van der Waals surface area contributed by atoms with E-state index in [0.29, 0.717) is 6.54 Å². The summed E-state index contributed by atoms with van der Waals surface area (Å²) >= 11 is 0. The molecule has 0 aromatic carbocycles. The summed E-state index contributed by atoms with van der Waals surface area (Å²) in [6, 6.07) is -0.715. The third kappa shape index (κ3) is 1.31. The Labute approximate surface area is 63.9 Å². The lowest BCUT2D eigenvalue weighted by molar-refractivity contribution is -0.143. The maximum Gasteiger partial charge on any atom is 0.328 e. The molecule has 1 aliphatic heterocycles. The lowest BCUT2D eigenvalue weighted by Crippen LogP contribution is -2.35. The van der Waals surface area contributed by atoms with Gasteiger partial charge in [-0.15, -0.1) is 4.91 Å². The monoisotopic (exact) mass is 158 g/mol. The molecule has 11 heavy (non-hydrogen) atoms. The molecule has 2 unspecified atom stereocenters. The van der Waals surface area contributed by atoms with Gasteiger partial charge >= 0.3 is 5.97 Å². The number of nitrogens with zero attached hydrogens (tertiary/aromatic N) is 2. The molecule has 1 heterocycles. The second-order valence-electron chi connectivity index (χ2n) is 2.79. The SMILES string of the molecule is CC1CCN(N=O)C1C(=O)O. The van der Waals surface area contributed by atoms with Crippen molar-refractivity contribution in [3.8, 4) is 0 Å².